The maximum absolute atomic E-state index is 11.7. The first-order valence-corrected chi connectivity index (χ1v) is 13.7. The van der Waals surface area contributed by atoms with Crippen molar-refractivity contribution < 1.29 is 19.0 Å². The van der Waals surface area contributed by atoms with Gasteiger partial charge in [0.15, 0.2) is 0 Å². The van der Waals surface area contributed by atoms with E-state index in [9.17, 15) is 4.79 Å². The highest BCUT2D eigenvalue weighted by atomic mass is 16.5. The summed E-state index contributed by atoms with van der Waals surface area (Å²) in [4.78, 5) is 16.1. The van der Waals surface area contributed by atoms with Gasteiger partial charge in [0.25, 0.3) is 0 Å². The van der Waals surface area contributed by atoms with Crippen molar-refractivity contribution in [1.82, 2.24) is 15.2 Å². The summed E-state index contributed by atoms with van der Waals surface area (Å²) in [6.45, 7) is 6.97. The van der Waals surface area contributed by atoms with Crippen molar-refractivity contribution in [3.05, 3.63) is 89.8 Å². The summed E-state index contributed by atoms with van der Waals surface area (Å²) in [5, 5.41) is 11.6. The van der Waals surface area contributed by atoms with Crippen LogP contribution in [0.25, 0.3) is 10.9 Å². The molecule has 1 aliphatic carbocycles. The molecule has 0 spiro atoms. The van der Waals surface area contributed by atoms with Gasteiger partial charge in [-0.3, -0.25) is 9.89 Å². The van der Waals surface area contributed by atoms with Gasteiger partial charge in [0.2, 0.25) is 0 Å². The summed E-state index contributed by atoms with van der Waals surface area (Å²) in [5.74, 6) is 2.36. The number of rotatable bonds is 8. The maximum atomic E-state index is 11.7. The molecule has 8 heteroatoms. The Morgan fingerprint density at radius 1 is 1.05 bits per heavy atom. The number of esters is 1. The number of methoxy groups -OCH3 is 2. The van der Waals surface area contributed by atoms with E-state index in [0.717, 1.165) is 64.3 Å². The van der Waals surface area contributed by atoms with Crippen LogP contribution in [-0.2, 0) is 22.7 Å². The summed E-state index contributed by atoms with van der Waals surface area (Å²) in [6, 6.07) is 17.4. The van der Waals surface area contributed by atoms with Crippen molar-refractivity contribution in [2.45, 2.75) is 53.2 Å². The van der Waals surface area contributed by atoms with E-state index in [1.807, 2.05) is 75.4 Å². The number of pyridine rings is 1. The third-order valence-corrected chi connectivity index (χ3v) is 6.41. The van der Waals surface area contributed by atoms with Crippen molar-refractivity contribution in [2.24, 2.45) is 5.92 Å². The van der Waals surface area contributed by atoms with Gasteiger partial charge in [-0.15, -0.1) is 0 Å². The predicted molar refractivity (Wildman–Crippen MR) is 160 cm³/mol. The largest absolute Gasteiger partial charge is 0.497 e. The smallest absolute Gasteiger partial charge is 0.309 e. The first kappa shape index (κ1) is 30.2. The van der Waals surface area contributed by atoms with Crippen molar-refractivity contribution in [2.75, 3.05) is 19.5 Å². The summed E-state index contributed by atoms with van der Waals surface area (Å²) in [5.41, 5.74) is 3.97. The van der Waals surface area contributed by atoms with Gasteiger partial charge in [0, 0.05) is 30.1 Å². The molecule has 0 aliphatic heterocycles. The summed E-state index contributed by atoms with van der Waals surface area (Å²) >= 11 is 0. The second kappa shape index (κ2) is 15.9. The minimum Gasteiger partial charge on any atom is -0.497 e. The highest BCUT2D eigenvalue weighted by Crippen LogP contribution is 2.27. The predicted octanol–water partition coefficient (Wildman–Crippen LogP) is 7.01. The van der Waals surface area contributed by atoms with Crippen LogP contribution >= 0.6 is 0 Å². The van der Waals surface area contributed by atoms with Gasteiger partial charge in [-0.05, 0) is 49.9 Å². The highest BCUT2D eigenvalue weighted by molar-refractivity contribution is 5.91. The number of H-pyrrole nitrogens is 1. The van der Waals surface area contributed by atoms with Gasteiger partial charge in [-0.2, -0.15) is 5.10 Å². The van der Waals surface area contributed by atoms with E-state index in [0.29, 0.717) is 13.2 Å². The Morgan fingerprint density at radius 3 is 2.55 bits per heavy atom. The molecule has 4 aromatic rings. The van der Waals surface area contributed by atoms with E-state index in [1.165, 1.54) is 0 Å². The van der Waals surface area contributed by atoms with Crippen LogP contribution in [0.15, 0.2) is 72.9 Å². The maximum Gasteiger partial charge on any atom is 0.309 e. The Bertz CT molecular complexity index is 1370. The zero-order valence-corrected chi connectivity index (χ0v) is 24.1. The van der Waals surface area contributed by atoms with Crippen molar-refractivity contribution in [3.8, 4) is 11.5 Å². The number of aryl methyl sites for hydroxylation is 1. The standard InChI is InChI=1S/C16H18N4O2.C14H16O2.C2H6/c1-10-15-13(20-19-10)6-7-17-16(15)18-9-11-4-5-12(21-2)8-14(11)22-3;15-14(13-9-5-2-6-10-13)16-11-12-7-3-1-4-8-12;1-2/h4-8H,9H2,1-3H3,(H,17,18)(H,19,20);1-5,7-8,13H,6,9-11H2;1-2H3/t;13-;/m.1./s1. The van der Waals surface area contributed by atoms with E-state index in [2.05, 4.69) is 32.7 Å². The van der Waals surface area contributed by atoms with Crippen LogP contribution < -0.4 is 14.8 Å². The number of hydrogen-bond acceptors (Lipinski definition) is 7. The Labute approximate surface area is 236 Å². The molecular weight excluding hydrogens is 504 g/mol. The molecule has 0 radical (unpaired) electrons. The molecule has 212 valence electrons. The summed E-state index contributed by atoms with van der Waals surface area (Å²) in [6.07, 6.45) is 8.68. The van der Waals surface area contributed by atoms with Crippen LogP contribution in [-0.4, -0.2) is 35.4 Å². The molecule has 0 amide bonds. The van der Waals surface area contributed by atoms with E-state index < -0.39 is 0 Å². The van der Waals surface area contributed by atoms with Crippen LogP contribution in [0.5, 0.6) is 11.5 Å². The van der Waals surface area contributed by atoms with E-state index in [4.69, 9.17) is 14.2 Å². The molecule has 2 heterocycles. The number of carbonyl (C=O) groups excluding carboxylic acids is 1. The Hall–Kier alpha value is -4.33. The van der Waals surface area contributed by atoms with Crippen molar-refractivity contribution in [3.63, 3.8) is 0 Å². The highest BCUT2D eigenvalue weighted by Gasteiger charge is 2.20. The van der Waals surface area contributed by atoms with E-state index in [1.54, 1.807) is 20.4 Å². The number of anilines is 1. The minimum absolute atomic E-state index is 0.0618. The molecule has 0 saturated heterocycles. The number of nitrogens with one attached hydrogen (secondary N) is 2. The summed E-state index contributed by atoms with van der Waals surface area (Å²) in [7, 11) is 3.29. The number of hydrogen-bond donors (Lipinski definition) is 2. The fourth-order valence-corrected chi connectivity index (χ4v) is 4.28. The Balaban J connectivity index is 0.000000217. The van der Waals surface area contributed by atoms with Gasteiger partial charge >= 0.3 is 5.97 Å². The first-order chi connectivity index (χ1) is 19.6. The van der Waals surface area contributed by atoms with Crippen LogP contribution in [0.4, 0.5) is 5.82 Å². The van der Waals surface area contributed by atoms with Crippen LogP contribution in [0.1, 0.15) is 49.9 Å². The van der Waals surface area contributed by atoms with E-state index in [-0.39, 0.29) is 11.9 Å². The van der Waals surface area contributed by atoms with Crippen LogP contribution in [0.3, 0.4) is 0 Å². The Morgan fingerprint density at radius 2 is 1.85 bits per heavy atom. The molecule has 0 bridgehead atoms. The molecule has 0 unspecified atom stereocenters. The molecule has 40 heavy (non-hydrogen) atoms. The van der Waals surface area contributed by atoms with Gasteiger partial charge in [-0.25, -0.2) is 4.98 Å². The number of aromatic amines is 1. The van der Waals surface area contributed by atoms with Crippen molar-refractivity contribution in [1.29, 1.82) is 0 Å². The minimum atomic E-state index is -0.0618. The van der Waals surface area contributed by atoms with Gasteiger partial charge in [0.1, 0.15) is 23.9 Å². The normalized spacial score (nSPS) is 13.8. The number of ether oxygens (including phenoxy) is 3. The number of fused-ring (bicyclic) bond motifs is 1. The average Bonchev–Trinajstić information content (AvgIpc) is 3.42. The van der Waals surface area contributed by atoms with Gasteiger partial charge in [-0.1, -0.05) is 56.3 Å². The third kappa shape index (κ3) is 8.33. The average molecular weight is 545 g/mol. The third-order valence-electron chi connectivity index (χ3n) is 6.41. The molecule has 2 aromatic heterocycles. The van der Waals surface area contributed by atoms with Crippen LogP contribution in [0, 0.1) is 12.8 Å². The second-order valence-electron chi connectivity index (χ2n) is 9.01. The van der Waals surface area contributed by atoms with Crippen LogP contribution in [0.2, 0.25) is 0 Å². The summed E-state index contributed by atoms with van der Waals surface area (Å²) < 4.78 is 15.9. The molecular formula is C32H40N4O4. The van der Waals surface area contributed by atoms with Gasteiger partial charge < -0.3 is 19.5 Å². The molecule has 2 N–H and O–H groups in total. The monoisotopic (exact) mass is 544 g/mol. The Kier molecular flexibility index (Phi) is 12.0. The number of carbonyl (C=O) groups is 1. The number of benzene rings is 2. The fourth-order valence-electron chi connectivity index (χ4n) is 4.28. The number of nitrogens with zero attached hydrogens (tertiary/aromatic N) is 2. The molecule has 2 aromatic carbocycles. The van der Waals surface area contributed by atoms with Crippen molar-refractivity contribution >= 4 is 22.7 Å². The molecule has 8 nitrogen and oxygen atoms in total. The fraction of sp³-hybridized carbons (Fsp3) is 0.344. The zero-order valence-electron chi connectivity index (χ0n) is 24.1. The van der Waals surface area contributed by atoms with Gasteiger partial charge in [0.05, 0.1) is 31.0 Å². The quantitative estimate of drug-likeness (QED) is 0.182. The topological polar surface area (TPSA) is 98.4 Å². The van der Waals surface area contributed by atoms with E-state index >= 15 is 0 Å². The second-order valence-corrected chi connectivity index (χ2v) is 9.01. The number of aromatic nitrogens is 3. The lowest BCUT2D eigenvalue weighted by Crippen LogP contribution is -2.18. The molecule has 1 aliphatic rings. The zero-order chi connectivity index (χ0) is 28.7. The first-order valence-electron chi connectivity index (χ1n) is 13.7. The number of allylic oxidation sites excluding steroid dienone is 2. The molecule has 0 saturated carbocycles. The molecule has 0 fully saturated rings. The SMILES string of the molecule is CC.COc1ccc(CNc2nccc3n[nH]c(C)c23)c(OC)c1.O=C(OCc1ccccc1)[C@@H]1CC=CCC1. The lowest BCUT2D eigenvalue weighted by atomic mass is 9.95. The lowest BCUT2D eigenvalue weighted by Gasteiger charge is -2.16. The molecule has 5 rings (SSSR count). The lowest BCUT2D eigenvalue weighted by molar-refractivity contribution is -0.150. The molecule has 1 atom stereocenters.